The molecule has 0 spiro atoms. The Morgan fingerprint density at radius 3 is 2.67 bits per heavy atom. The molecule has 1 saturated heterocycles. The SMILES string of the molecule is Cl.NC(C[C@@H]1CCNC1=O)C(O)C(=O)O. The van der Waals surface area contributed by atoms with Crippen LogP contribution in [0.15, 0.2) is 0 Å². The molecule has 7 heteroatoms. The lowest BCUT2D eigenvalue weighted by atomic mass is 9.96. The van der Waals surface area contributed by atoms with E-state index in [1.807, 2.05) is 0 Å². The molecule has 0 aliphatic carbocycles. The molecular formula is C8H15ClN2O4. The number of carboxylic acids is 1. The van der Waals surface area contributed by atoms with Gasteiger partial charge in [-0.05, 0) is 12.8 Å². The van der Waals surface area contributed by atoms with Crippen molar-refractivity contribution in [2.24, 2.45) is 11.7 Å². The minimum atomic E-state index is -1.59. The summed E-state index contributed by atoms with van der Waals surface area (Å²) in [7, 11) is 0. The van der Waals surface area contributed by atoms with E-state index in [9.17, 15) is 9.59 Å². The summed E-state index contributed by atoms with van der Waals surface area (Å²) >= 11 is 0. The van der Waals surface area contributed by atoms with Gasteiger partial charge in [0.25, 0.3) is 0 Å². The quantitative estimate of drug-likeness (QED) is 0.487. The maximum Gasteiger partial charge on any atom is 0.334 e. The van der Waals surface area contributed by atoms with Crippen LogP contribution in [0.4, 0.5) is 0 Å². The van der Waals surface area contributed by atoms with Crippen LogP contribution in [0.2, 0.25) is 0 Å². The van der Waals surface area contributed by atoms with Gasteiger partial charge in [0.05, 0.1) is 0 Å². The predicted octanol–water partition coefficient (Wildman–Crippen LogP) is -1.29. The van der Waals surface area contributed by atoms with Crippen LogP contribution in [-0.2, 0) is 9.59 Å². The largest absolute Gasteiger partial charge is 0.479 e. The molecule has 0 bridgehead atoms. The summed E-state index contributed by atoms with van der Waals surface area (Å²) in [6.07, 6.45) is -0.735. The van der Waals surface area contributed by atoms with Crippen molar-refractivity contribution >= 4 is 24.3 Å². The Morgan fingerprint density at radius 1 is 1.67 bits per heavy atom. The van der Waals surface area contributed by atoms with Crippen molar-refractivity contribution in [2.45, 2.75) is 25.0 Å². The number of aliphatic hydroxyl groups is 1. The highest BCUT2D eigenvalue weighted by Gasteiger charge is 2.30. The zero-order valence-corrected chi connectivity index (χ0v) is 8.87. The van der Waals surface area contributed by atoms with Crippen LogP contribution in [0.5, 0.6) is 0 Å². The van der Waals surface area contributed by atoms with Gasteiger partial charge >= 0.3 is 5.97 Å². The molecule has 6 nitrogen and oxygen atoms in total. The van der Waals surface area contributed by atoms with E-state index in [-0.39, 0.29) is 30.7 Å². The number of aliphatic carboxylic acids is 1. The smallest absolute Gasteiger partial charge is 0.334 e. The number of carboxylic acid groups (broad SMARTS) is 1. The number of hydrogen-bond donors (Lipinski definition) is 4. The summed E-state index contributed by atoms with van der Waals surface area (Å²) in [5.74, 6) is -1.73. The maximum atomic E-state index is 11.1. The highest BCUT2D eigenvalue weighted by molar-refractivity contribution is 5.85. The summed E-state index contributed by atoms with van der Waals surface area (Å²) in [5, 5.41) is 20.2. The van der Waals surface area contributed by atoms with E-state index in [0.717, 1.165) is 0 Å². The molecule has 88 valence electrons. The Morgan fingerprint density at radius 2 is 2.27 bits per heavy atom. The van der Waals surface area contributed by atoms with Gasteiger partial charge < -0.3 is 21.3 Å². The normalized spacial score (nSPS) is 23.9. The average Bonchev–Trinajstić information content (AvgIpc) is 2.50. The standard InChI is InChI=1S/C8H14N2O4.ClH/c9-5(6(11)8(13)14)3-4-1-2-10-7(4)12;/h4-6,11H,1-3,9H2,(H,10,12)(H,13,14);1H/t4-,5?,6?;/m0./s1. The maximum absolute atomic E-state index is 11.1. The van der Waals surface area contributed by atoms with E-state index in [1.165, 1.54) is 0 Å². The third kappa shape index (κ3) is 3.65. The number of nitrogens with one attached hydrogen (secondary N) is 1. The summed E-state index contributed by atoms with van der Waals surface area (Å²) in [5.41, 5.74) is 5.45. The van der Waals surface area contributed by atoms with Gasteiger partial charge in [-0.15, -0.1) is 12.4 Å². The van der Waals surface area contributed by atoms with Crippen molar-refractivity contribution < 1.29 is 19.8 Å². The first kappa shape index (κ1) is 14.2. The highest BCUT2D eigenvalue weighted by Crippen LogP contribution is 2.16. The molecule has 1 aliphatic rings. The number of amides is 1. The molecule has 0 aromatic rings. The van der Waals surface area contributed by atoms with Crippen molar-refractivity contribution in [3.8, 4) is 0 Å². The molecule has 2 unspecified atom stereocenters. The van der Waals surface area contributed by atoms with Crippen LogP contribution in [0, 0.1) is 5.92 Å². The van der Waals surface area contributed by atoms with Crippen molar-refractivity contribution in [1.82, 2.24) is 5.32 Å². The van der Waals surface area contributed by atoms with Gasteiger partial charge in [0.15, 0.2) is 6.10 Å². The Balaban J connectivity index is 0.00000196. The van der Waals surface area contributed by atoms with E-state index in [1.54, 1.807) is 0 Å². The number of carbonyl (C=O) groups excluding carboxylic acids is 1. The molecule has 0 saturated carbocycles. The van der Waals surface area contributed by atoms with Crippen LogP contribution >= 0.6 is 12.4 Å². The van der Waals surface area contributed by atoms with Crippen molar-refractivity contribution in [1.29, 1.82) is 0 Å². The van der Waals surface area contributed by atoms with Crippen LogP contribution in [0.25, 0.3) is 0 Å². The number of hydrogen-bond acceptors (Lipinski definition) is 4. The molecule has 0 aromatic carbocycles. The molecule has 0 aromatic heterocycles. The minimum Gasteiger partial charge on any atom is -0.479 e. The zero-order chi connectivity index (χ0) is 10.7. The first-order valence-corrected chi connectivity index (χ1v) is 4.46. The summed E-state index contributed by atoms with van der Waals surface area (Å²) < 4.78 is 0. The van der Waals surface area contributed by atoms with Crippen molar-refractivity contribution in [3.05, 3.63) is 0 Å². The number of halogens is 1. The van der Waals surface area contributed by atoms with E-state index in [4.69, 9.17) is 15.9 Å². The molecule has 5 N–H and O–H groups in total. The number of carbonyl (C=O) groups is 2. The van der Waals surface area contributed by atoms with Crippen molar-refractivity contribution in [3.63, 3.8) is 0 Å². The molecule has 1 fully saturated rings. The average molecular weight is 239 g/mol. The van der Waals surface area contributed by atoms with Crippen LogP contribution in [0.1, 0.15) is 12.8 Å². The molecular weight excluding hydrogens is 224 g/mol. The fraction of sp³-hybridized carbons (Fsp3) is 0.750. The van der Waals surface area contributed by atoms with E-state index in [2.05, 4.69) is 5.32 Å². The van der Waals surface area contributed by atoms with E-state index >= 15 is 0 Å². The van der Waals surface area contributed by atoms with Gasteiger partial charge in [0, 0.05) is 18.5 Å². The van der Waals surface area contributed by atoms with Gasteiger partial charge in [-0.2, -0.15) is 0 Å². The summed E-state index contributed by atoms with van der Waals surface area (Å²) in [4.78, 5) is 21.5. The minimum absolute atomic E-state index is 0. The lowest BCUT2D eigenvalue weighted by molar-refractivity contribution is -0.148. The molecule has 15 heavy (non-hydrogen) atoms. The highest BCUT2D eigenvalue weighted by atomic mass is 35.5. The topological polar surface area (TPSA) is 113 Å². The second-order valence-corrected chi connectivity index (χ2v) is 3.46. The number of nitrogens with two attached hydrogens (primary N) is 1. The third-order valence-electron chi connectivity index (χ3n) is 2.38. The Labute approximate surface area is 93.2 Å². The number of rotatable bonds is 4. The van der Waals surface area contributed by atoms with Gasteiger partial charge in [-0.1, -0.05) is 0 Å². The fourth-order valence-corrected chi connectivity index (χ4v) is 1.51. The Bertz CT molecular complexity index is 249. The Hall–Kier alpha value is -0.850. The first-order valence-electron chi connectivity index (χ1n) is 4.46. The first-order chi connectivity index (χ1) is 6.52. The summed E-state index contributed by atoms with van der Waals surface area (Å²) in [6, 6.07) is -0.888. The van der Waals surface area contributed by atoms with E-state index < -0.39 is 18.1 Å². The summed E-state index contributed by atoms with van der Waals surface area (Å²) in [6.45, 7) is 0.597. The molecule has 1 rings (SSSR count). The molecule has 0 radical (unpaired) electrons. The lowest BCUT2D eigenvalue weighted by Crippen LogP contribution is -2.42. The lowest BCUT2D eigenvalue weighted by Gasteiger charge is -2.17. The van der Waals surface area contributed by atoms with Crippen LogP contribution < -0.4 is 11.1 Å². The molecule has 3 atom stereocenters. The predicted molar refractivity (Wildman–Crippen MR) is 54.6 cm³/mol. The molecule has 1 aliphatic heterocycles. The van der Waals surface area contributed by atoms with Gasteiger partial charge in [-0.25, -0.2) is 4.79 Å². The number of aliphatic hydroxyl groups excluding tert-OH is 1. The second kappa shape index (κ2) is 5.89. The van der Waals surface area contributed by atoms with Crippen LogP contribution in [0.3, 0.4) is 0 Å². The zero-order valence-electron chi connectivity index (χ0n) is 8.05. The Kier molecular flexibility index (Phi) is 5.56. The van der Waals surface area contributed by atoms with Gasteiger partial charge in [0.1, 0.15) is 0 Å². The molecule has 1 heterocycles. The fourth-order valence-electron chi connectivity index (χ4n) is 1.51. The third-order valence-corrected chi connectivity index (χ3v) is 2.38. The van der Waals surface area contributed by atoms with Gasteiger partial charge in [-0.3, -0.25) is 4.79 Å². The van der Waals surface area contributed by atoms with Gasteiger partial charge in [0.2, 0.25) is 5.91 Å². The van der Waals surface area contributed by atoms with Crippen LogP contribution in [-0.4, -0.2) is 40.8 Å². The molecule has 1 amide bonds. The monoisotopic (exact) mass is 238 g/mol. The second-order valence-electron chi connectivity index (χ2n) is 3.46. The van der Waals surface area contributed by atoms with Crippen molar-refractivity contribution in [2.75, 3.05) is 6.54 Å². The van der Waals surface area contributed by atoms with E-state index in [0.29, 0.717) is 13.0 Å².